The summed E-state index contributed by atoms with van der Waals surface area (Å²) in [7, 11) is 0. The van der Waals surface area contributed by atoms with Crippen LogP contribution >= 0.6 is 0 Å². The molecule has 0 saturated carbocycles. The van der Waals surface area contributed by atoms with Crippen molar-refractivity contribution in [2.24, 2.45) is 5.92 Å². The number of hydrogen-bond acceptors (Lipinski definition) is 2. The molecule has 1 N–H and O–H groups in total. The summed E-state index contributed by atoms with van der Waals surface area (Å²) in [6.07, 6.45) is 6.49. The number of rotatable bonds is 1. The first-order valence-corrected chi connectivity index (χ1v) is 4.39. The molecule has 1 aliphatic heterocycles. The zero-order chi connectivity index (χ0) is 9.19. The molecule has 0 aromatic rings. The van der Waals surface area contributed by atoms with E-state index in [-0.39, 0.29) is 6.10 Å². The first-order valence-electron chi connectivity index (χ1n) is 4.39. The third-order valence-corrected chi connectivity index (χ3v) is 2.40. The SMILES string of the molecule is C#CC1(O)CCOC(C(C)C)C1. The number of terminal acetylenes is 1. The molecule has 1 heterocycles. The van der Waals surface area contributed by atoms with E-state index in [1.165, 1.54) is 0 Å². The van der Waals surface area contributed by atoms with Crippen molar-refractivity contribution in [3.63, 3.8) is 0 Å². The van der Waals surface area contributed by atoms with Crippen LogP contribution in [0.2, 0.25) is 0 Å². The van der Waals surface area contributed by atoms with Crippen LogP contribution < -0.4 is 0 Å². The van der Waals surface area contributed by atoms with Crippen LogP contribution in [0.4, 0.5) is 0 Å². The van der Waals surface area contributed by atoms with Crippen LogP contribution in [0.3, 0.4) is 0 Å². The molecule has 1 rings (SSSR count). The summed E-state index contributed by atoms with van der Waals surface area (Å²) in [6, 6.07) is 0. The van der Waals surface area contributed by atoms with Gasteiger partial charge in [-0.2, -0.15) is 0 Å². The van der Waals surface area contributed by atoms with Gasteiger partial charge in [0.2, 0.25) is 0 Å². The maximum absolute atomic E-state index is 9.78. The maximum Gasteiger partial charge on any atom is 0.129 e. The zero-order valence-corrected chi connectivity index (χ0v) is 7.71. The van der Waals surface area contributed by atoms with Crippen molar-refractivity contribution in [1.82, 2.24) is 0 Å². The van der Waals surface area contributed by atoms with Gasteiger partial charge in [0.1, 0.15) is 5.60 Å². The van der Waals surface area contributed by atoms with E-state index in [2.05, 4.69) is 19.8 Å². The predicted molar refractivity (Wildman–Crippen MR) is 47.6 cm³/mol. The Hall–Kier alpha value is -0.520. The lowest BCUT2D eigenvalue weighted by Crippen LogP contribution is -2.41. The van der Waals surface area contributed by atoms with Gasteiger partial charge < -0.3 is 9.84 Å². The predicted octanol–water partition coefficient (Wildman–Crippen LogP) is 1.19. The molecule has 2 heteroatoms. The third kappa shape index (κ3) is 2.00. The largest absolute Gasteiger partial charge is 0.378 e. The number of ether oxygens (including phenoxy) is 1. The molecule has 1 aliphatic rings. The van der Waals surface area contributed by atoms with E-state index in [4.69, 9.17) is 11.2 Å². The van der Waals surface area contributed by atoms with Gasteiger partial charge in [-0.1, -0.05) is 19.8 Å². The molecule has 1 saturated heterocycles. The first-order chi connectivity index (χ1) is 5.57. The molecule has 1 fully saturated rings. The average molecular weight is 168 g/mol. The Balaban J connectivity index is 2.58. The highest BCUT2D eigenvalue weighted by atomic mass is 16.5. The van der Waals surface area contributed by atoms with Gasteiger partial charge in [0, 0.05) is 12.8 Å². The van der Waals surface area contributed by atoms with E-state index in [1.807, 2.05) is 0 Å². The van der Waals surface area contributed by atoms with E-state index in [1.54, 1.807) is 0 Å². The number of hydrogen-bond donors (Lipinski definition) is 1. The summed E-state index contributed by atoms with van der Waals surface area (Å²) < 4.78 is 5.48. The second-order valence-electron chi connectivity index (χ2n) is 3.78. The van der Waals surface area contributed by atoms with E-state index >= 15 is 0 Å². The molecule has 0 bridgehead atoms. The Bertz CT molecular complexity index is 193. The maximum atomic E-state index is 9.78. The van der Waals surface area contributed by atoms with Crippen molar-refractivity contribution in [1.29, 1.82) is 0 Å². The Morgan fingerprint density at radius 2 is 2.33 bits per heavy atom. The lowest BCUT2D eigenvalue weighted by molar-refractivity contribution is -0.0903. The molecular formula is C10H16O2. The summed E-state index contributed by atoms with van der Waals surface area (Å²) in [5.74, 6) is 2.86. The summed E-state index contributed by atoms with van der Waals surface area (Å²) >= 11 is 0. The highest BCUT2D eigenvalue weighted by molar-refractivity contribution is 5.09. The second-order valence-corrected chi connectivity index (χ2v) is 3.78. The summed E-state index contributed by atoms with van der Waals surface area (Å²) in [4.78, 5) is 0. The van der Waals surface area contributed by atoms with Crippen molar-refractivity contribution in [3.8, 4) is 12.3 Å². The van der Waals surface area contributed by atoms with E-state index in [0.29, 0.717) is 25.4 Å². The van der Waals surface area contributed by atoms with Gasteiger partial charge in [-0.15, -0.1) is 6.42 Å². The number of aliphatic hydroxyl groups is 1. The quantitative estimate of drug-likeness (QED) is 0.596. The normalized spacial score (nSPS) is 36.4. The van der Waals surface area contributed by atoms with Gasteiger partial charge in [0.15, 0.2) is 0 Å². The Morgan fingerprint density at radius 3 is 2.83 bits per heavy atom. The van der Waals surface area contributed by atoms with Crippen molar-refractivity contribution >= 4 is 0 Å². The van der Waals surface area contributed by atoms with Crippen LogP contribution in [-0.2, 0) is 4.74 Å². The Kier molecular flexibility index (Phi) is 2.76. The molecular weight excluding hydrogens is 152 g/mol. The van der Waals surface area contributed by atoms with Crippen molar-refractivity contribution in [3.05, 3.63) is 0 Å². The van der Waals surface area contributed by atoms with Gasteiger partial charge in [-0.3, -0.25) is 0 Å². The fourth-order valence-electron chi connectivity index (χ4n) is 1.43. The van der Waals surface area contributed by atoms with Crippen molar-refractivity contribution < 1.29 is 9.84 Å². The minimum Gasteiger partial charge on any atom is -0.378 e. The second kappa shape index (κ2) is 3.47. The van der Waals surface area contributed by atoms with Crippen LogP contribution in [0.1, 0.15) is 26.7 Å². The molecule has 0 aromatic heterocycles. The Morgan fingerprint density at radius 1 is 1.67 bits per heavy atom. The molecule has 0 aromatic carbocycles. The van der Waals surface area contributed by atoms with E-state index in [9.17, 15) is 5.11 Å². The van der Waals surface area contributed by atoms with Gasteiger partial charge in [0.05, 0.1) is 12.7 Å². The molecule has 2 nitrogen and oxygen atoms in total. The van der Waals surface area contributed by atoms with Crippen LogP contribution in [0.15, 0.2) is 0 Å². The van der Waals surface area contributed by atoms with Crippen LogP contribution in [0.5, 0.6) is 0 Å². The van der Waals surface area contributed by atoms with E-state index in [0.717, 1.165) is 0 Å². The first kappa shape index (κ1) is 9.57. The molecule has 12 heavy (non-hydrogen) atoms. The topological polar surface area (TPSA) is 29.5 Å². The summed E-state index contributed by atoms with van der Waals surface area (Å²) in [5.41, 5.74) is -0.923. The molecule has 2 unspecified atom stereocenters. The monoisotopic (exact) mass is 168 g/mol. The highest BCUT2D eigenvalue weighted by Crippen LogP contribution is 2.27. The molecule has 68 valence electrons. The molecule has 0 aliphatic carbocycles. The minimum absolute atomic E-state index is 0.111. The molecule has 0 spiro atoms. The van der Waals surface area contributed by atoms with Crippen LogP contribution in [0, 0.1) is 18.3 Å². The lowest BCUT2D eigenvalue weighted by Gasteiger charge is -2.35. The van der Waals surface area contributed by atoms with Gasteiger partial charge >= 0.3 is 0 Å². The van der Waals surface area contributed by atoms with Crippen LogP contribution in [-0.4, -0.2) is 23.4 Å². The molecule has 2 atom stereocenters. The van der Waals surface area contributed by atoms with Gasteiger partial charge in [0.25, 0.3) is 0 Å². The summed E-state index contributed by atoms with van der Waals surface area (Å²) in [6.45, 7) is 4.73. The fraction of sp³-hybridized carbons (Fsp3) is 0.800. The Labute approximate surface area is 73.9 Å². The minimum atomic E-state index is -0.923. The smallest absolute Gasteiger partial charge is 0.129 e. The van der Waals surface area contributed by atoms with Crippen LogP contribution in [0.25, 0.3) is 0 Å². The van der Waals surface area contributed by atoms with E-state index < -0.39 is 5.60 Å². The fourth-order valence-corrected chi connectivity index (χ4v) is 1.43. The standard InChI is InChI=1S/C10H16O2/c1-4-10(11)5-6-12-9(7-10)8(2)3/h1,8-9,11H,5-7H2,2-3H3. The highest BCUT2D eigenvalue weighted by Gasteiger charge is 2.34. The molecule has 0 amide bonds. The van der Waals surface area contributed by atoms with Gasteiger partial charge in [-0.25, -0.2) is 0 Å². The average Bonchev–Trinajstić information content (AvgIpc) is 2.05. The van der Waals surface area contributed by atoms with Gasteiger partial charge in [-0.05, 0) is 5.92 Å². The lowest BCUT2D eigenvalue weighted by atomic mass is 9.87. The zero-order valence-electron chi connectivity index (χ0n) is 7.71. The van der Waals surface area contributed by atoms with Crippen molar-refractivity contribution in [2.45, 2.75) is 38.4 Å². The third-order valence-electron chi connectivity index (χ3n) is 2.40. The van der Waals surface area contributed by atoms with Crippen molar-refractivity contribution in [2.75, 3.05) is 6.61 Å². The summed E-state index contributed by atoms with van der Waals surface area (Å²) in [5, 5.41) is 9.78. The molecule has 0 radical (unpaired) electrons.